The third kappa shape index (κ3) is 4.64. The summed E-state index contributed by atoms with van der Waals surface area (Å²) in [7, 11) is -3.90. The molecule has 0 atom stereocenters. The monoisotopic (exact) mass is 401 g/mol. The van der Waals surface area contributed by atoms with Crippen molar-refractivity contribution >= 4 is 39.0 Å². The number of rotatable bonds is 5. The zero-order valence-electron chi connectivity index (χ0n) is 14.3. The average molecular weight is 402 g/mol. The predicted molar refractivity (Wildman–Crippen MR) is 106 cm³/mol. The van der Waals surface area contributed by atoms with Crippen LogP contribution in [0.25, 0.3) is 0 Å². The minimum atomic E-state index is -3.90. The number of aromatic nitrogens is 1. The molecular formula is C19H16ClN3O3S. The minimum Gasteiger partial charge on any atom is -0.307 e. The first-order valence-electron chi connectivity index (χ1n) is 7.96. The lowest BCUT2D eigenvalue weighted by atomic mass is 10.2. The average Bonchev–Trinajstić information content (AvgIpc) is 2.65. The summed E-state index contributed by atoms with van der Waals surface area (Å²) in [4.78, 5) is 16.5. The number of carbonyl (C=O) groups is 1. The fourth-order valence-corrected chi connectivity index (χ4v) is 3.65. The smallest absolute Gasteiger partial charge is 0.261 e. The van der Waals surface area contributed by atoms with Gasteiger partial charge in [0.2, 0.25) is 0 Å². The molecule has 0 radical (unpaired) electrons. The molecule has 0 aliphatic carbocycles. The van der Waals surface area contributed by atoms with Gasteiger partial charge in [-0.1, -0.05) is 35.9 Å². The van der Waals surface area contributed by atoms with Crippen LogP contribution < -0.4 is 10.0 Å². The number of carbonyl (C=O) groups excluding carboxylic acids is 1. The summed E-state index contributed by atoms with van der Waals surface area (Å²) < 4.78 is 27.6. The van der Waals surface area contributed by atoms with Crippen LogP contribution in [0.3, 0.4) is 0 Å². The Balaban J connectivity index is 1.83. The van der Waals surface area contributed by atoms with Crippen molar-refractivity contribution in [1.29, 1.82) is 0 Å². The number of halogens is 1. The summed E-state index contributed by atoms with van der Waals surface area (Å²) in [6.45, 7) is 1.89. The molecule has 2 N–H and O–H groups in total. The van der Waals surface area contributed by atoms with Gasteiger partial charge < -0.3 is 5.32 Å². The van der Waals surface area contributed by atoms with Crippen LogP contribution in [-0.2, 0) is 10.0 Å². The van der Waals surface area contributed by atoms with Crippen molar-refractivity contribution in [3.05, 3.63) is 83.0 Å². The number of amides is 1. The van der Waals surface area contributed by atoms with E-state index in [-0.39, 0.29) is 21.2 Å². The van der Waals surface area contributed by atoms with Gasteiger partial charge in [-0.3, -0.25) is 9.52 Å². The number of sulfonamides is 1. The van der Waals surface area contributed by atoms with Crippen LogP contribution in [-0.4, -0.2) is 19.3 Å². The quantitative estimate of drug-likeness (QED) is 0.673. The zero-order chi connectivity index (χ0) is 19.4. The van der Waals surface area contributed by atoms with Crippen LogP contribution in [0.15, 0.2) is 71.8 Å². The molecule has 1 amide bonds. The first-order chi connectivity index (χ1) is 12.8. The van der Waals surface area contributed by atoms with E-state index in [2.05, 4.69) is 15.0 Å². The molecule has 0 saturated heterocycles. The van der Waals surface area contributed by atoms with Crippen LogP contribution >= 0.6 is 11.6 Å². The van der Waals surface area contributed by atoms with Crippen molar-refractivity contribution in [3.63, 3.8) is 0 Å². The van der Waals surface area contributed by atoms with Gasteiger partial charge >= 0.3 is 0 Å². The normalized spacial score (nSPS) is 11.0. The number of nitrogens with zero attached hydrogens (tertiary/aromatic N) is 1. The lowest BCUT2D eigenvalue weighted by Gasteiger charge is -2.11. The molecule has 2 aromatic carbocycles. The molecule has 0 spiro atoms. The molecule has 138 valence electrons. The maximum absolute atomic E-state index is 12.6. The molecule has 0 bridgehead atoms. The van der Waals surface area contributed by atoms with E-state index >= 15 is 0 Å². The topological polar surface area (TPSA) is 88.2 Å². The van der Waals surface area contributed by atoms with E-state index < -0.39 is 15.9 Å². The van der Waals surface area contributed by atoms with Crippen LogP contribution in [0.1, 0.15) is 15.9 Å². The van der Waals surface area contributed by atoms with Gasteiger partial charge in [0, 0.05) is 11.8 Å². The summed E-state index contributed by atoms with van der Waals surface area (Å²) in [5.41, 5.74) is 1.42. The first kappa shape index (κ1) is 18.9. The predicted octanol–water partition coefficient (Wildman–Crippen LogP) is 4.10. The standard InChI is InChI=1S/C19H16ClN3O3S/c1-13-9-10-18(21-12-13)22-19(24)14-5-4-6-15(11-14)27(25,26)23-17-8-3-2-7-16(17)20/h2-12,23H,1H3,(H,21,22,24). The Labute approximate surface area is 162 Å². The zero-order valence-corrected chi connectivity index (χ0v) is 15.9. The third-order valence-corrected chi connectivity index (χ3v) is 5.37. The summed E-state index contributed by atoms with van der Waals surface area (Å²) >= 11 is 6.00. The third-order valence-electron chi connectivity index (χ3n) is 3.68. The molecule has 0 fully saturated rings. The van der Waals surface area contributed by atoms with Gasteiger partial charge in [0.25, 0.3) is 15.9 Å². The molecule has 1 aromatic heterocycles. The largest absolute Gasteiger partial charge is 0.307 e. The maximum Gasteiger partial charge on any atom is 0.261 e. The number of nitrogens with one attached hydrogen (secondary N) is 2. The van der Waals surface area contributed by atoms with Crippen LogP contribution in [0.5, 0.6) is 0 Å². The van der Waals surface area contributed by atoms with Crippen molar-refractivity contribution in [2.75, 3.05) is 10.0 Å². The second kappa shape index (κ2) is 7.77. The molecule has 0 aliphatic heterocycles. The Kier molecular flexibility index (Phi) is 5.43. The van der Waals surface area contributed by atoms with Crippen LogP contribution in [0.2, 0.25) is 5.02 Å². The van der Waals surface area contributed by atoms with Crippen molar-refractivity contribution < 1.29 is 13.2 Å². The summed E-state index contributed by atoms with van der Waals surface area (Å²) in [6, 6.07) is 15.7. The van der Waals surface area contributed by atoms with E-state index in [1.54, 1.807) is 36.5 Å². The molecular weight excluding hydrogens is 386 g/mol. The number of aryl methyl sites for hydroxylation is 1. The highest BCUT2D eigenvalue weighted by Crippen LogP contribution is 2.24. The van der Waals surface area contributed by atoms with E-state index in [9.17, 15) is 13.2 Å². The van der Waals surface area contributed by atoms with Gasteiger partial charge in [-0.15, -0.1) is 0 Å². The van der Waals surface area contributed by atoms with Crippen molar-refractivity contribution in [3.8, 4) is 0 Å². The van der Waals surface area contributed by atoms with Crippen LogP contribution in [0, 0.1) is 6.92 Å². The van der Waals surface area contributed by atoms with Gasteiger partial charge in [-0.25, -0.2) is 13.4 Å². The molecule has 8 heteroatoms. The van der Waals surface area contributed by atoms with Gasteiger partial charge in [-0.2, -0.15) is 0 Å². The Hall–Kier alpha value is -2.90. The highest BCUT2D eigenvalue weighted by atomic mass is 35.5. The van der Waals surface area contributed by atoms with Crippen molar-refractivity contribution in [2.45, 2.75) is 11.8 Å². The van der Waals surface area contributed by atoms with Gasteiger partial charge in [0.05, 0.1) is 15.6 Å². The Morgan fingerprint density at radius 1 is 1.04 bits per heavy atom. The first-order valence-corrected chi connectivity index (χ1v) is 9.83. The number of hydrogen-bond acceptors (Lipinski definition) is 4. The molecule has 3 rings (SSSR count). The van der Waals surface area contributed by atoms with Gasteiger partial charge in [-0.05, 0) is 48.9 Å². The number of anilines is 2. The Morgan fingerprint density at radius 2 is 1.81 bits per heavy atom. The molecule has 0 aliphatic rings. The van der Waals surface area contributed by atoms with E-state index in [1.165, 1.54) is 24.3 Å². The number of pyridine rings is 1. The maximum atomic E-state index is 12.6. The fraction of sp³-hybridized carbons (Fsp3) is 0.0526. The lowest BCUT2D eigenvalue weighted by Crippen LogP contribution is -2.16. The molecule has 0 unspecified atom stereocenters. The van der Waals surface area contributed by atoms with Gasteiger partial charge in [0.1, 0.15) is 5.82 Å². The molecule has 6 nitrogen and oxygen atoms in total. The van der Waals surface area contributed by atoms with Crippen molar-refractivity contribution in [2.24, 2.45) is 0 Å². The number of benzene rings is 2. The van der Waals surface area contributed by atoms with Gasteiger partial charge in [0.15, 0.2) is 0 Å². The van der Waals surface area contributed by atoms with Crippen LogP contribution in [0.4, 0.5) is 11.5 Å². The van der Waals surface area contributed by atoms with E-state index in [1.807, 2.05) is 13.0 Å². The number of hydrogen-bond donors (Lipinski definition) is 2. The van der Waals surface area contributed by atoms with Crippen molar-refractivity contribution in [1.82, 2.24) is 4.98 Å². The second-order valence-corrected chi connectivity index (χ2v) is 7.88. The van der Waals surface area contributed by atoms with E-state index in [0.717, 1.165) is 5.56 Å². The molecule has 1 heterocycles. The fourth-order valence-electron chi connectivity index (χ4n) is 2.28. The Bertz CT molecular complexity index is 1080. The highest BCUT2D eigenvalue weighted by molar-refractivity contribution is 7.92. The Morgan fingerprint density at radius 3 is 2.52 bits per heavy atom. The summed E-state index contributed by atoms with van der Waals surface area (Å²) in [6.07, 6.45) is 1.63. The van der Waals surface area contributed by atoms with E-state index in [0.29, 0.717) is 5.82 Å². The highest BCUT2D eigenvalue weighted by Gasteiger charge is 2.18. The SMILES string of the molecule is Cc1ccc(NC(=O)c2cccc(S(=O)(=O)Nc3ccccc3Cl)c2)nc1. The number of para-hydroxylation sites is 1. The summed E-state index contributed by atoms with van der Waals surface area (Å²) in [5, 5.41) is 2.91. The second-order valence-electron chi connectivity index (χ2n) is 5.79. The lowest BCUT2D eigenvalue weighted by molar-refractivity contribution is 0.102. The van der Waals surface area contributed by atoms with E-state index in [4.69, 9.17) is 11.6 Å². The molecule has 3 aromatic rings. The molecule has 27 heavy (non-hydrogen) atoms. The minimum absolute atomic E-state index is 0.0491. The summed E-state index contributed by atoms with van der Waals surface area (Å²) in [5.74, 6) is -0.0748. The molecule has 0 saturated carbocycles.